The van der Waals surface area contributed by atoms with Crippen LogP contribution in [0.15, 0.2) is 6.33 Å². The van der Waals surface area contributed by atoms with Gasteiger partial charge in [-0.3, -0.25) is 0 Å². The van der Waals surface area contributed by atoms with Crippen molar-refractivity contribution in [2.24, 2.45) is 0 Å². The van der Waals surface area contributed by atoms with Crippen LogP contribution in [0.2, 0.25) is 0 Å². The molecule has 0 atom stereocenters. The van der Waals surface area contributed by atoms with Gasteiger partial charge in [0, 0.05) is 30.2 Å². The highest BCUT2D eigenvalue weighted by Crippen LogP contribution is 2.39. The lowest BCUT2D eigenvalue weighted by Gasteiger charge is -2.43. The van der Waals surface area contributed by atoms with Gasteiger partial charge in [0.1, 0.15) is 17.0 Å². The SMILES string of the molecule is CN(C)C1(CNc2ncnc3sc4c(c23)CCC4)CCOCC1. The van der Waals surface area contributed by atoms with Crippen LogP contribution < -0.4 is 5.32 Å². The van der Waals surface area contributed by atoms with Gasteiger partial charge in [-0.05, 0) is 51.8 Å². The Morgan fingerprint density at radius 1 is 1.26 bits per heavy atom. The molecule has 0 radical (unpaired) electrons. The summed E-state index contributed by atoms with van der Waals surface area (Å²) in [6.07, 6.45) is 7.46. The highest BCUT2D eigenvalue weighted by atomic mass is 32.1. The second-order valence-electron chi connectivity index (χ2n) is 6.84. The molecule has 6 heteroatoms. The number of nitrogens with zero attached hydrogens (tertiary/aromatic N) is 3. The Bertz CT molecular complexity index is 706. The predicted octanol–water partition coefficient (Wildman–Crippen LogP) is 2.70. The number of nitrogens with one attached hydrogen (secondary N) is 1. The summed E-state index contributed by atoms with van der Waals surface area (Å²) in [5.74, 6) is 1.02. The normalized spacial score (nSPS) is 20.1. The van der Waals surface area contributed by atoms with E-state index in [-0.39, 0.29) is 5.54 Å². The number of aryl methyl sites for hydroxylation is 2. The topological polar surface area (TPSA) is 50.3 Å². The number of rotatable bonds is 4. The van der Waals surface area contributed by atoms with Crippen LogP contribution in [0.4, 0.5) is 5.82 Å². The third-order valence-electron chi connectivity index (χ3n) is 5.46. The van der Waals surface area contributed by atoms with E-state index >= 15 is 0 Å². The van der Waals surface area contributed by atoms with Crippen LogP contribution >= 0.6 is 11.3 Å². The molecule has 0 unspecified atom stereocenters. The van der Waals surface area contributed by atoms with Gasteiger partial charge in [-0.15, -0.1) is 11.3 Å². The van der Waals surface area contributed by atoms with Crippen molar-refractivity contribution in [3.05, 3.63) is 16.8 Å². The fraction of sp³-hybridized carbons (Fsp3) is 0.647. The van der Waals surface area contributed by atoms with Gasteiger partial charge in [-0.25, -0.2) is 9.97 Å². The molecule has 1 N–H and O–H groups in total. The molecule has 2 aliphatic rings. The van der Waals surface area contributed by atoms with E-state index in [0.29, 0.717) is 0 Å². The summed E-state index contributed by atoms with van der Waals surface area (Å²) < 4.78 is 5.57. The zero-order valence-corrected chi connectivity index (χ0v) is 14.7. The first-order chi connectivity index (χ1) is 11.2. The van der Waals surface area contributed by atoms with E-state index in [1.807, 2.05) is 11.3 Å². The predicted molar refractivity (Wildman–Crippen MR) is 94.4 cm³/mol. The molecule has 1 aliphatic heterocycles. The minimum Gasteiger partial charge on any atom is -0.381 e. The van der Waals surface area contributed by atoms with E-state index in [0.717, 1.165) is 43.2 Å². The summed E-state index contributed by atoms with van der Waals surface area (Å²) >= 11 is 1.85. The third-order valence-corrected chi connectivity index (χ3v) is 6.66. The van der Waals surface area contributed by atoms with Crippen molar-refractivity contribution in [2.45, 2.75) is 37.6 Å². The third kappa shape index (κ3) is 2.62. The molecule has 2 aromatic rings. The van der Waals surface area contributed by atoms with Crippen molar-refractivity contribution in [1.82, 2.24) is 14.9 Å². The van der Waals surface area contributed by atoms with Crippen molar-refractivity contribution in [3.8, 4) is 0 Å². The zero-order valence-electron chi connectivity index (χ0n) is 13.9. The lowest BCUT2D eigenvalue weighted by Crippen LogP contribution is -2.53. The van der Waals surface area contributed by atoms with Crippen molar-refractivity contribution in [3.63, 3.8) is 0 Å². The molecule has 0 spiro atoms. The molecule has 23 heavy (non-hydrogen) atoms. The maximum Gasteiger partial charge on any atom is 0.138 e. The molecular weight excluding hydrogens is 308 g/mol. The van der Waals surface area contributed by atoms with Crippen LogP contribution in [-0.2, 0) is 17.6 Å². The second kappa shape index (κ2) is 6.00. The first kappa shape index (κ1) is 15.3. The van der Waals surface area contributed by atoms with Gasteiger partial charge in [0.15, 0.2) is 0 Å². The van der Waals surface area contributed by atoms with Crippen LogP contribution in [0.5, 0.6) is 0 Å². The van der Waals surface area contributed by atoms with Crippen LogP contribution in [0, 0.1) is 0 Å². The second-order valence-corrected chi connectivity index (χ2v) is 7.93. The van der Waals surface area contributed by atoms with Gasteiger partial charge < -0.3 is 15.0 Å². The maximum absolute atomic E-state index is 5.57. The Morgan fingerprint density at radius 2 is 2.09 bits per heavy atom. The summed E-state index contributed by atoms with van der Waals surface area (Å²) in [6, 6.07) is 0. The number of ether oxygens (including phenoxy) is 1. The lowest BCUT2D eigenvalue weighted by atomic mass is 9.88. The molecule has 124 valence electrons. The number of fused-ring (bicyclic) bond motifs is 3. The van der Waals surface area contributed by atoms with Crippen molar-refractivity contribution in [1.29, 1.82) is 0 Å². The monoisotopic (exact) mass is 332 g/mol. The molecule has 1 aliphatic carbocycles. The van der Waals surface area contributed by atoms with Gasteiger partial charge in [0.2, 0.25) is 0 Å². The Morgan fingerprint density at radius 3 is 2.87 bits per heavy atom. The lowest BCUT2D eigenvalue weighted by molar-refractivity contribution is -0.000651. The Balaban J connectivity index is 1.62. The Hall–Kier alpha value is -1.24. The fourth-order valence-corrected chi connectivity index (χ4v) is 5.07. The highest BCUT2D eigenvalue weighted by Gasteiger charge is 2.35. The van der Waals surface area contributed by atoms with E-state index in [4.69, 9.17) is 4.74 Å². The average Bonchev–Trinajstić information content (AvgIpc) is 3.14. The standard InChI is InChI=1S/C17H24N4OS/c1-21(2)17(6-8-22-9-7-17)10-18-15-14-12-4-3-5-13(12)23-16(14)20-11-19-15/h11H,3-10H2,1-2H3,(H,18,19,20). The quantitative estimate of drug-likeness (QED) is 0.933. The number of aromatic nitrogens is 2. The molecule has 2 aromatic heterocycles. The number of thiophene rings is 1. The van der Waals surface area contributed by atoms with Gasteiger partial charge in [-0.2, -0.15) is 0 Å². The van der Waals surface area contributed by atoms with Gasteiger partial charge in [0.25, 0.3) is 0 Å². The number of hydrogen-bond donors (Lipinski definition) is 1. The molecule has 1 fully saturated rings. The summed E-state index contributed by atoms with van der Waals surface area (Å²) in [6.45, 7) is 2.58. The fourth-order valence-electron chi connectivity index (χ4n) is 3.84. The average molecular weight is 332 g/mol. The zero-order chi connectivity index (χ0) is 15.9. The Labute approximate surface area is 141 Å². The van der Waals surface area contributed by atoms with Crippen LogP contribution in [0.25, 0.3) is 10.2 Å². The molecule has 3 heterocycles. The van der Waals surface area contributed by atoms with E-state index in [2.05, 4.69) is 34.3 Å². The number of likely N-dealkylation sites (N-methyl/N-ethyl adjacent to an activating group) is 1. The van der Waals surface area contributed by atoms with Crippen LogP contribution in [-0.4, -0.2) is 54.3 Å². The van der Waals surface area contributed by atoms with Gasteiger partial charge in [0.05, 0.1) is 5.39 Å². The van der Waals surface area contributed by atoms with E-state index < -0.39 is 0 Å². The van der Waals surface area contributed by atoms with E-state index in [1.165, 1.54) is 35.1 Å². The highest BCUT2D eigenvalue weighted by molar-refractivity contribution is 7.19. The minimum absolute atomic E-state index is 0.148. The molecule has 0 aromatic carbocycles. The van der Waals surface area contributed by atoms with Crippen LogP contribution in [0.3, 0.4) is 0 Å². The van der Waals surface area contributed by atoms with Gasteiger partial charge >= 0.3 is 0 Å². The maximum atomic E-state index is 5.57. The van der Waals surface area contributed by atoms with Crippen molar-refractivity contribution < 1.29 is 4.74 Å². The first-order valence-corrected chi connectivity index (χ1v) is 9.26. The molecule has 1 saturated heterocycles. The summed E-state index contributed by atoms with van der Waals surface area (Å²) in [4.78, 5) is 14.0. The molecule has 0 amide bonds. The largest absolute Gasteiger partial charge is 0.381 e. The molecule has 0 saturated carbocycles. The number of hydrogen-bond acceptors (Lipinski definition) is 6. The molecule has 0 bridgehead atoms. The van der Waals surface area contributed by atoms with Crippen molar-refractivity contribution in [2.75, 3.05) is 39.2 Å². The molecular formula is C17H24N4OS. The Kier molecular flexibility index (Phi) is 3.99. The summed E-state index contributed by atoms with van der Waals surface area (Å²) in [5.41, 5.74) is 1.63. The minimum atomic E-state index is 0.148. The summed E-state index contributed by atoms with van der Waals surface area (Å²) in [7, 11) is 4.34. The number of anilines is 1. The van der Waals surface area contributed by atoms with E-state index in [9.17, 15) is 0 Å². The first-order valence-electron chi connectivity index (χ1n) is 8.44. The summed E-state index contributed by atoms with van der Waals surface area (Å²) in [5, 5.41) is 4.92. The smallest absolute Gasteiger partial charge is 0.138 e. The van der Waals surface area contributed by atoms with Crippen molar-refractivity contribution >= 4 is 27.4 Å². The molecule has 4 rings (SSSR count). The molecule has 5 nitrogen and oxygen atoms in total. The van der Waals surface area contributed by atoms with Gasteiger partial charge in [-0.1, -0.05) is 0 Å². The van der Waals surface area contributed by atoms with E-state index in [1.54, 1.807) is 6.33 Å². The van der Waals surface area contributed by atoms with Crippen LogP contribution in [0.1, 0.15) is 29.7 Å².